The molecule has 0 amide bonds. The summed E-state index contributed by atoms with van der Waals surface area (Å²) >= 11 is 1.35. The number of para-hydroxylation sites is 1. The van der Waals surface area contributed by atoms with Gasteiger partial charge in [-0.2, -0.15) is 0 Å². The van der Waals surface area contributed by atoms with Crippen molar-refractivity contribution >= 4 is 11.8 Å². The molecule has 0 spiro atoms. The third kappa shape index (κ3) is 3.85. The highest BCUT2D eigenvalue weighted by atomic mass is 32.2. The molecule has 2 aromatic heterocycles. The second-order valence-corrected chi connectivity index (χ2v) is 6.44. The van der Waals surface area contributed by atoms with Gasteiger partial charge in [0.05, 0.1) is 18.4 Å². The lowest BCUT2D eigenvalue weighted by atomic mass is 10.2. The van der Waals surface area contributed by atoms with Crippen LogP contribution in [0.15, 0.2) is 68.9 Å². The first-order valence-electron chi connectivity index (χ1n) is 8.03. The Bertz CT molecular complexity index is 1050. The molecular weight excluding hydrogens is 369 g/mol. The maximum Gasteiger partial charge on any atom is 0.277 e. The molecule has 0 fully saturated rings. The Morgan fingerprint density at radius 2 is 1.85 bits per heavy atom. The highest BCUT2D eigenvalue weighted by molar-refractivity contribution is 7.98. The largest absolute Gasteiger partial charge is 0.496 e. The summed E-state index contributed by atoms with van der Waals surface area (Å²) in [6, 6.07) is 13.4. The summed E-state index contributed by atoms with van der Waals surface area (Å²) in [4.78, 5) is 4.40. The van der Waals surface area contributed by atoms with Crippen LogP contribution in [0, 0.1) is 5.82 Å². The van der Waals surface area contributed by atoms with Gasteiger partial charge in [-0.1, -0.05) is 23.9 Å². The number of ether oxygens (including phenoxy) is 1. The van der Waals surface area contributed by atoms with E-state index in [9.17, 15) is 4.39 Å². The van der Waals surface area contributed by atoms with Crippen LogP contribution in [0.4, 0.5) is 4.39 Å². The van der Waals surface area contributed by atoms with Gasteiger partial charge in [0.2, 0.25) is 5.89 Å². The number of aromatic nitrogens is 3. The molecular formula is C19H14FN3O3S. The van der Waals surface area contributed by atoms with Gasteiger partial charge in [0.25, 0.3) is 11.1 Å². The van der Waals surface area contributed by atoms with Crippen molar-refractivity contribution in [2.75, 3.05) is 7.11 Å². The Kier molecular flexibility index (Phi) is 4.88. The lowest BCUT2D eigenvalue weighted by Gasteiger charge is -2.03. The van der Waals surface area contributed by atoms with E-state index in [-0.39, 0.29) is 5.82 Å². The molecule has 0 saturated heterocycles. The van der Waals surface area contributed by atoms with Crippen molar-refractivity contribution in [3.8, 4) is 28.7 Å². The van der Waals surface area contributed by atoms with Crippen molar-refractivity contribution in [3.63, 3.8) is 0 Å². The molecule has 4 aromatic rings. The van der Waals surface area contributed by atoms with Gasteiger partial charge in [-0.05, 0) is 36.4 Å². The number of benzene rings is 2. The van der Waals surface area contributed by atoms with Crippen LogP contribution in [-0.2, 0) is 5.75 Å². The Morgan fingerprint density at radius 3 is 2.67 bits per heavy atom. The van der Waals surface area contributed by atoms with Gasteiger partial charge in [0, 0.05) is 11.3 Å². The summed E-state index contributed by atoms with van der Waals surface area (Å²) in [5.41, 5.74) is 2.17. The smallest absolute Gasteiger partial charge is 0.277 e. The molecule has 2 aromatic carbocycles. The Hall–Kier alpha value is -3.13. The second kappa shape index (κ2) is 7.63. The second-order valence-electron chi connectivity index (χ2n) is 5.51. The third-order valence-electron chi connectivity index (χ3n) is 3.73. The number of methoxy groups -OCH3 is 1. The van der Waals surface area contributed by atoms with E-state index >= 15 is 0 Å². The number of oxazole rings is 1. The minimum absolute atomic E-state index is 0.302. The maximum atomic E-state index is 13.0. The topological polar surface area (TPSA) is 74.2 Å². The third-order valence-corrected chi connectivity index (χ3v) is 4.58. The van der Waals surface area contributed by atoms with Gasteiger partial charge in [-0.15, -0.1) is 10.2 Å². The van der Waals surface area contributed by atoms with Gasteiger partial charge >= 0.3 is 0 Å². The highest BCUT2D eigenvalue weighted by Crippen LogP contribution is 2.31. The maximum absolute atomic E-state index is 13.0. The molecule has 0 N–H and O–H groups in total. The number of hydrogen-bond donors (Lipinski definition) is 0. The molecule has 4 rings (SSSR count). The van der Waals surface area contributed by atoms with Crippen LogP contribution in [-0.4, -0.2) is 22.3 Å². The molecule has 0 saturated carbocycles. The quantitative estimate of drug-likeness (QED) is 0.441. The Balaban J connectivity index is 1.44. The highest BCUT2D eigenvalue weighted by Gasteiger charge is 2.14. The van der Waals surface area contributed by atoms with E-state index in [0.29, 0.717) is 34.1 Å². The van der Waals surface area contributed by atoms with Crippen LogP contribution < -0.4 is 4.74 Å². The number of nitrogens with zero attached hydrogens (tertiary/aromatic N) is 3. The summed E-state index contributed by atoms with van der Waals surface area (Å²) in [6.07, 6.45) is 1.56. The minimum atomic E-state index is -0.302. The predicted octanol–water partition coefficient (Wildman–Crippen LogP) is 4.83. The molecule has 27 heavy (non-hydrogen) atoms. The van der Waals surface area contributed by atoms with E-state index in [1.165, 1.54) is 23.9 Å². The Morgan fingerprint density at radius 1 is 1.04 bits per heavy atom. The molecule has 0 bridgehead atoms. The van der Waals surface area contributed by atoms with E-state index in [4.69, 9.17) is 13.6 Å². The van der Waals surface area contributed by atoms with E-state index in [1.54, 1.807) is 25.5 Å². The van der Waals surface area contributed by atoms with Crippen LogP contribution in [0.5, 0.6) is 5.75 Å². The minimum Gasteiger partial charge on any atom is -0.496 e. The van der Waals surface area contributed by atoms with Crippen molar-refractivity contribution in [1.82, 2.24) is 15.2 Å². The fraction of sp³-hybridized carbons (Fsp3) is 0.105. The first kappa shape index (κ1) is 17.3. The molecule has 6 nitrogen and oxygen atoms in total. The zero-order chi connectivity index (χ0) is 18.6. The number of halogens is 1. The molecule has 8 heteroatoms. The zero-order valence-corrected chi connectivity index (χ0v) is 15.1. The molecule has 2 heterocycles. The monoisotopic (exact) mass is 383 g/mol. The van der Waals surface area contributed by atoms with Crippen LogP contribution >= 0.6 is 11.8 Å². The van der Waals surface area contributed by atoms with E-state index in [0.717, 1.165) is 11.3 Å². The average Bonchev–Trinajstić information content (AvgIpc) is 3.36. The van der Waals surface area contributed by atoms with Crippen molar-refractivity contribution in [3.05, 3.63) is 66.3 Å². The molecule has 0 aliphatic rings. The van der Waals surface area contributed by atoms with Gasteiger partial charge in [0.15, 0.2) is 0 Å². The summed E-state index contributed by atoms with van der Waals surface area (Å²) in [7, 11) is 1.59. The average molecular weight is 383 g/mol. The summed E-state index contributed by atoms with van der Waals surface area (Å²) in [5, 5.41) is 8.54. The molecule has 0 unspecified atom stereocenters. The normalized spacial score (nSPS) is 10.9. The van der Waals surface area contributed by atoms with E-state index < -0.39 is 0 Å². The fourth-order valence-corrected chi connectivity index (χ4v) is 3.07. The van der Waals surface area contributed by atoms with Gasteiger partial charge in [-0.3, -0.25) is 0 Å². The lowest BCUT2D eigenvalue weighted by Crippen LogP contribution is -1.87. The molecule has 0 aliphatic carbocycles. The number of thioether (sulfide) groups is 1. The standard InChI is InChI=1S/C19H14FN3O3S/c1-24-16-5-3-2-4-15(16)18-22-23-19(26-18)27-11-14-10-25-17(21-14)12-6-8-13(20)9-7-12/h2-10H,11H2,1H3. The Labute approximate surface area is 158 Å². The van der Waals surface area contributed by atoms with Crippen molar-refractivity contribution in [2.45, 2.75) is 11.0 Å². The number of hydrogen-bond acceptors (Lipinski definition) is 7. The van der Waals surface area contributed by atoms with Gasteiger partial charge in [0.1, 0.15) is 17.8 Å². The molecule has 0 aliphatic heterocycles. The van der Waals surface area contributed by atoms with Crippen LogP contribution in [0.3, 0.4) is 0 Å². The predicted molar refractivity (Wildman–Crippen MR) is 97.7 cm³/mol. The van der Waals surface area contributed by atoms with Crippen LogP contribution in [0.1, 0.15) is 5.69 Å². The van der Waals surface area contributed by atoms with Crippen LogP contribution in [0.25, 0.3) is 22.9 Å². The molecule has 0 radical (unpaired) electrons. The SMILES string of the molecule is COc1ccccc1-c1nnc(SCc2coc(-c3ccc(F)cc3)n2)o1. The summed E-state index contributed by atoms with van der Waals surface area (Å²) in [6.45, 7) is 0. The van der Waals surface area contributed by atoms with Crippen molar-refractivity contribution in [2.24, 2.45) is 0 Å². The lowest BCUT2D eigenvalue weighted by molar-refractivity contribution is 0.411. The first-order chi connectivity index (χ1) is 13.2. The van der Waals surface area contributed by atoms with Crippen molar-refractivity contribution in [1.29, 1.82) is 0 Å². The summed E-state index contributed by atoms with van der Waals surface area (Å²) < 4.78 is 29.5. The summed E-state index contributed by atoms with van der Waals surface area (Å²) in [5.74, 6) is 1.69. The molecule has 136 valence electrons. The van der Waals surface area contributed by atoms with Gasteiger partial charge < -0.3 is 13.6 Å². The van der Waals surface area contributed by atoms with E-state index in [1.807, 2.05) is 24.3 Å². The van der Waals surface area contributed by atoms with Crippen LogP contribution in [0.2, 0.25) is 0 Å². The first-order valence-corrected chi connectivity index (χ1v) is 9.01. The fourth-order valence-electron chi connectivity index (χ4n) is 2.43. The number of rotatable bonds is 6. The van der Waals surface area contributed by atoms with Gasteiger partial charge in [-0.25, -0.2) is 9.37 Å². The van der Waals surface area contributed by atoms with Crippen molar-refractivity contribution < 1.29 is 18.0 Å². The van der Waals surface area contributed by atoms with E-state index in [2.05, 4.69) is 15.2 Å². The molecule has 0 atom stereocenters. The zero-order valence-electron chi connectivity index (χ0n) is 14.3.